The second-order valence-electron chi connectivity index (χ2n) is 9.47. The summed E-state index contributed by atoms with van der Waals surface area (Å²) in [5, 5.41) is 26.7. The molecule has 0 aliphatic rings. The summed E-state index contributed by atoms with van der Waals surface area (Å²) in [5.41, 5.74) is 5.58. The van der Waals surface area contributed by atoms with Crippen LogP contribution in [-0.2, 0) is 4.79 Å². The van der Waals surface area contributed by atoms with Gasteiger partial charge in [-0.3, -0.25) is 9.59 Å². The quantitative estimate of drug-likeness (QED) is 0.154. The van der Waals surface area contributed by atoms with Crippen LogP contribution in [0.2, 0.25) is 0 Å². The average Bonchev–Trinajstić information content (AvgIpc) is 3.37. The van der Waals surface area contributed by atoms with Crippen molar-refractivity contribution in [2.75, 3.05) is 11.9 Å². The number of aromatic amines is 1. The molecular weight excluding hydrogens is 535 g/mol. The Labute approximate surface area is 248 Å². The Hall–Kier alpha value is -4.27. The number of hydrogen-bond acceptors (Lipinski definition) is 4. The largest absolute Gasteiger partial charge is 0.481 e. The SMILES string of the molecule is CC.CC(C)O.CC(C)c1[nH]c(-c2ccc(F)cc2)c(-c2ccccc2)c1C(=O)Nc1ccccc1.O=C(O)CCO. The molecule has 0 spiro atoms. The first-order chi connectivity index (χ1) is 20.0. The maximum atomic E-state index is 13.5. The van der Waals surface area contributed by atoms with Gasteiger partial charge in [-0.15, -0.1) is 0 Å². The molecule has 1 amide bonds. The lowest BCUT2D eigenvalue weighted by Crippen LogP contribution is -2.14. The Morgan fingerprint density at radius 2 is 1.33 bits per heavy atom. The summed E-state index contributed by atoms with van der Waals surface area (Å²) in [5.74, 6) is -1.33. The van der Waals surface area contributed by atoms with Gasteiger partial charge in [0, 0.05) is 23.0 Å². The molecule has 1 aromatic heterocycles. The van der Waals surface area contributed by atoms with E-state index in [1.54, 1.807) is 26.0 Å². The highest BCUT2D eigenvalue weighted by Gasteiger charge is 2.26. The van der Waals surface area contributed by atoms with Crippen LogP contribution < -0.4 is 5.32 Å². The zero-order chi connectivity index (χ0) is 31.7. The minimum atomic E-state index is -0.961. The van der Waals surface area contributed by atoms with E-state index < -0.39 is 5.97 Å². The Balaban J connectivity index is 0.000000628. The fourth-order valence-electron chi connectivity index (χ4n) is 3.73. The van der Waals surface area contributed by atoms with Crippen molar-refractivity contribution in [2.45, 2.75) is 60.0 Å². The third-order valence-corrected chi connectivity index (χ3v) is 5.39. The van der Waals surface area contributed by atoms with Gasteiger partial charge in [-0.05, 0) is 67.3 Å². The van der Waals surface area contributed by atoms with Crippen molar-refractivity contribution in [3.8, 4) is 22.4 Å². The Morgan fingerprint density at radius 3 is 1.76 bits per heavy atom. The van der Waals surface area contributed by atoms with E-state index in [1.165, 1.54) is 12.1 Å². The van der Waals surface area contributed by atoms with Crippen LogP contribution >= 0.6 is 0 Å². The normalized spacial score (nSPS) is 9.98. The third kappa shape index (κ3) is 11.7. The number of aliphatic hydroxyl groups excluding tert-OH is 2. The van der Waals surface area contributed by atoms with Crippen molar-refractivity contribution in [1.29, 1.82) is 0 Å². The van der Waals surface area contributed by atoms with Gasteiger partial charge < -0.3 is 25.6 Å². The van der Waals surface area contributed by atoms with E-state index in [1.807, 2.05) is 88.4 Å². The van der Waals surface area contributed by atoms with Crippen LogP contribution in [0.4, 0.5) is 10.1 Å². The van der Waals surface area contributed by atoms with Crippen LogP contribution in [0.15, 0.2) is 84.9 Å². The smallest absolute Gasteiger partial charge is 0.305 e. The van der Waals surface area contributed by atoms with Gasteiger partial charge in [0.25, 0.3) is 5.91 Å². The Kier molecular flexibility index (Phi) is 16.1. The number of carbonyl (C=O) groups is 2. The van der Waals surface area contributed by atoms with Crippen molar-refractivity contribution in [1.82, 2.24) is 4.98 Å². The maximum Gasteiger partial charge on any atom is 0.305 e. The maximum absolute atomic E-state index is 13.5. The topological polar surface area (TPSA) is 123 Å². The number of hydrogen-bond donors (Lipinski definition) is 5. The highest BCUT2D eigenvalue weighted by molar-refractivity contribution is 6.12. The monoisotopic (exact) mass is 578 g/mol. The number of aliphatic hydroxyl groups is 2. The molecule has 5 N–H and O–H groups in total. The van der Waals surface area contributed by atoms with Crippen molar-refractivity contribution < 1.29 is 29.3 Å². The lowest BCUT2D eigenvalue weighted by atomic mass is 9.94. The lowest BCUT2D eigenvalue weighted by molar-refractivity contribution is -0.137. The van der Waals surface area contributed by atoms with Crippen molar-refractivity contribution in [3.05, 3.63) is 102 Å². The van der Waals surface area contributed by atoms with Gasteiger partial charge in [0.1, 0.15) is 5.82 Å². The number of anilines is 1. The van der Waals surface area contributed by atoms with Crippen LogP contribution in [0.5, 0.6) is 0 Å². The van der Waals surface area contributed by atoms with Crippen LogP contribution in [0, 0.1) is 5.82 Å². The molecule has 0 radical (unpaired) electrons. The predicted octanol–water partition coefficient (Wildman–Crippen LogP) is 7.73. The Bertz CT molecular complexity index is 1330. The van der Waals surface area contributed by atoms with Crippen LogP contribution in [0.25, 0.3) is 22.4 Å². The number of para-hydroxylation sites is 1. The number of rotatable bonds is 7. The number of carboxylic acid groups (broad SMARTS) is 1. The molecule has 0 aliphatic heterocycles. The van der Waals surface area contributed by atoms with E-state index in [-0.39, 0.29) is 36.8 Å². The first-order valence-corrected chi connectivity index (χ1v) is 14.0. The number of nitrogens with one attached hydrogen (secondary N) is 2. The summed E-state index contributed by atoms with van der Waals surface area (Å²) in [4.78, 5) is 26.3. The first kappa shape index (κ1) is 35.8. The molecule has 1 heterocycles. The third-order valence-electron chi connectivity index (χ3n) is 5.39. The molecule has 0 saturated heterocycles. The van der Waals surface area contributed by atoms with Gasteiger partial charge in [0.2, 0.25) is 0 Å². The standard InChI is InChI=1S/C26H23FN2O.C3H6O3.C3H8O.C2H6/c1-17(2)24-23(26(30)28-21-11-7-4-8-12-21)22(18-9-5-3-6-10-18)25(29-24)19-13-15-20(27)16-14-19;4-2-1-3(5)6;1-3(2)4;1-2/h3-17,29H,1-2H3,(H,28,30);4H,1-2H2,(H,5,6);3-4H,1-2H3;1-2H3. The molecule has 3 aromatic carbocycles. The Morgan fingerprint density at radius 1 is 0.833 bits per heavy atom. The number of aromatic nitrogens is 1. The summed E-state index contributed by atoms with van der Waals surface area (Å²) >= 11 is 0. The zero-order valence-electron chi connectivity index (χ0n) is 25.2. The zero-order valence-corrected chi connectivity index (χ0v) is 25.2. The molecule has 0 saturated carbocycles. The fraction of sp³-hybridized carbons (Fsp3) is 0.294. The van der Waals surface area contributed by atoms with Gasteiger partial charge in [-0.2, -0.15) is 0 Å². The minimum Gasteiger partial charge on any atom is -0.481 e. The molecular formula is C34H43FN2O5. The molecule has 8 heteroatoms. The van der Waals surface area contributed by atoms with E-state index in [4.69, 9.17) is 15.3 Å². The van der Waals surface area contributed by atoms with Crippen molar-refractivity contribution in [3.63, 3.8) is 0 Å². The summed E-state index contributed by atoms with van der Waals surface area (Å²) in [6.07, 6.45) is -0.319. The second-order valence-corrected chi connectivity index (χ2v) is 9.47. The summed E-state index contributed by atoms with van der Waals surface area (Å²) in [6.45, 7) is 11.3. The van der Waals surface area contributed by atoms with Crippen molar-refractivity contribution >= 4 is 17.6 Å². The van der Waals surface area contributed by atoms with Crippen LogP contribution in [0.1, 0.15) is 69.9 Å². The van der Waals surface area contributed by atoms with Gasteiger partial charge in [0.05, 0.1) is 24.3 Å². The number of H-pyrrole nitrogens is 1. The predicted molar refractivity (Wildman–Crippen MR) is 168 cm³/mol. The number of benzene rings is 3. The van der Waals surface area contributed by atoms with E-state index in [9.17, 15) is 14.0 Å². The van der Waals surface area contributed by atoms with E-state index >= 15 is 0 Å². The molecule has 226 valence electrons. The van der Waals surface area contributed by atoms with Gasteiger partial charge in [0.15, 0.2) is 0 Å². The number of carbonyl (C=O) groups excluding carboxylic acids is 1. The molecule has 0 atom stereocenters. The first-order valence-electron chi connectivity index (χ1n) is 14.0. The van der Waals surface area contributed by atoms with Crippen LogP contribution in [-0.4, -0.2) is 44.9 Å². The average molecular weight is 579 g/mol. The number of amides is 1. The molecule has 4 rings (SSSR count). The second kappa shape index (κ2) is 19.0. The molecule has 7 nitrogen and oxygen atoms in total. The molecule has 42 heavy (non-hydrogen) atoms. The highest BCUT2D eigenvalue weighted by atomic mass is 19.1. The molecule has 0 aliphatic carbocycles. The summed E-state index contributed by atoms with van der Waals surface area (Å²) < 4.78 is 13.5. The molecule has 0 bridgehead atoms. The summed E-state index contributed by atoms with van der Waals surface area (Å²) in [7, 11) is 0. The highest BCUT2D eigenvalue weighted by Crippen LogP contribution is 2.39. The number of halogens is 1. The molecule has 0 unspecified atom stereocenters. The van der Waals surface area contributed by atoms with E-state index in [0.29, 0.717) is 5.56 Å². The van der Waals surface area contributed by atoms with Gasteiger partial charge in [-0.1, -0.05) is 76.2 Å². The van der Waals surface area contributed by atoms with Crippen molar-refractivity contribution in [2.24, 2.45) is 0 Å². The molecule has 0 fully saturated rings. The lowest BCUT2D eigenvalue weighted by Gasteiger charge is -2.11. The van der Waals surface area contributed by atoms with Crippen LogP contribution in [0.3, 0.4) is 0 Å². The number of carboxylic acids is 1. The molecule has 4 aromatic rings. The fourth-order valence-corrected chi connectivity index (χ4v) is 3.73. The van der Waals surface area contributed by atoms with E-state index in [2.05, 4.69) is 10.3 Å². The minimum absolute atomic E-state index is 0.0955. The number of aliphatic carboxylic acids is 1. The van der Waals surface area contributed by atoms with Gasteiger partial charge in [-0.25, -0.2) is 4.39 Å². The summed E-state index contributed by atoms with van der Waals surface area (Å²) in [6, 6.07) is 25.6. The van der Waals surface area contributed by atoms with Gasteiger partial charge >= 0.3 is 5.97 Å². The van der Waals surface area contributed by atoms with E-state index in [0.717, 1.165) is 33.8 Å².